The van der Waals surface area contributed by atoms with Crippen LogP contribution in [0.25, 0.3) is 0 Å². The van der Waals surface area contributed by atoms with Crippen LogP contribution in [0.3, 0.4) is 0 Å². The summed E-state index contributed by atoms with van der Waals surface area (Å²) in [6.45, 7) is -0.852. The summed E-state index contributed by atoms with van der Waals surface area (Å²) in [5, 5.41) is 10.6. The summed E-state index contributed by atoms with van der Waals surface area (Å²) in [4.78, 5) is 33.1. The van der Waals surface area contributed by atoms with Crippen LogP contribution in [0.4, 0.5) is 15.8 Å². The molecule has 19 heavy (non-hydrogen) atoms. The molecular weight excluding hydrogens is 261 g/mol. The van der Waals surface area contributed by atoms with Gasteiger partial charge in [0, 0.05) is 12.1 Å². The summed E-state index contributed by atoms with van der Waals surface area (Å²) < 4.78 is 18.4. The number of nitrogens with zero attached hydrogens (tertiary/aromatic N) is 2. The average molecular weight is 269 g/mol. The third-order valence-electron chi connectivity index (χ3n) is 2.48. The number of amides is 2. The Morgan fingerprint density at radius 2 is 2.26 bits per heavy atom. The molecule has 1 aromatic carbocycles. The van der Waals surface area contributed by atoms with E-state index >= 15 is 0 Å². The van der Waals surface area contributed by atoms with Gasteiger partial charge in [0.15, 0.2) is 6.61 Å². The van der Waals surface area contributed by atoms with Crippen molar-refractivity contribution in [2.24, 2.45) is 5.73 Å². The highest BCUT2D eigenvalue weighted by Gasteiger charge is 2.30. The second kappa shape index (κ2) is 4.52. The minimum atomic E-state index is -1.09. The van der Waals surface area contributed by atoms with Gasteiger partial charge in [-0.3, -0.25) is 24.6 Å². The second-order valence-electron chi connectivity index (χ2n) is 3.76. The number of nitro groups is 1. The maximum Gasteiger partial charge on any atom is 0.307 e. The Bertz CT molecular complexity index is 589. The van der Waals surface area contributed by atoms with Gasteiger partial charge < -0.3 is 10.5 Å². The topological polar surface area (TPSA) is 116 Å². The Kier molecular flexibility index (Phi) is 3.03. The van der Waals surface area contributed by atoms with Crippen molar-refractivity contribution >= 4 is 23.2 Å². The van der Waals surface area contributed by atoms with E-state index in [1.54, 1.807) is 0 Å². The molecule has 2 rings (SSSR count). The highest BCUT2D eigenvalue weighted by Crippen LogP contribution is 2.36. The first-order valence-corrected chi connectivity index (χ1v) is 5.09. The standard InChI is InChI=1S/C10H8FN3O5/c11-5-1-8-7(2-6(5)14(17)18)13(3-9(12)15)10(16)4-19-8/h1-2H,3-4H2,(H2,12,15). The van der Waals surface area contributed by atoms with E-state index in [0.29, 0.717) is 0 Å². The highest BCUT2D eigenvalue weighted by molar-refractivity contribution is 6.02. The lowest BCUT2D eigenvalue weighted by atomic mass is 10.2. The number of primary amides is 1. The fraction of sp³-hybridized carbons (Fsp3) is 0.200. The Hall–Kier alpha value is -2.71. The van der Waals surface area contributed by atoms with Crippen molar-refractivity contribution in [3.63, 3.8) is 0 Å². The summed E-state index contributed by atoms with van der Waals surface area (Å²) in [6.07, 6.45) is 0. The van der Waals surface area contributed by atoms with Gasteiger partial charge in [0.25, 0.3) is 5.91 Å². The van der Waals surface area contributed by atoms with Crippen LogP contribution in [0.1, 0.15) is 0 Å². The lowest BCUT2D eigenvalue weighted by Crippen LogP contribution is -2.43. The first kappa shape index (κ1) is 12.7. The molecule has 0 atom stereocenters. The number of carbonyl (C=O) groups is 2. The largest absolute Gasteiger partial charge is 0.481 e. The van der Waals surface area contributed by atoms with Gasteiger partial charge >= 0.3 is 5.69 Å². The molecule has 1 aliphatic heterocycles. The van der Waals surface area contributed by atoms with Crippen LogP contribution in [0.2, 0.25) is 0 Å². The van der Waals surface area contributed by atoms with Crippen molar-refractivity contribution in [1.82, 2.24) is 0 Å². The zero-order chi connectivity index (χ0) is 14.2. The average Bonchev–Trinajstić information content (AvgIpc) is 2.31. The maximum absolute atomic E-state index is 13.4. The molecular formula is C10H8FN3O5. The van der Waals surface area contributed by atoms with Gasteiger partial charge in [-0.15, -0.1) is 0 Å². The predicted molar refractivity (Wildman–Crippen MR) is 60.1 cm³/mol. The van der Waals surface area contributed by atoms with E-state index < -0.39 is 41.4 Å². The van der Waals surface area contributed by atoms with E-state index in [1.165, 1.54) is 0 Å². The molecule has 0 bridgehead atoms. The van der Waals surface area contributed by atoms with Crippen LogP contribution < -0.4 is 15.4 Å². The number of ether oxygens (including phenoxy) is 1. The number of carbonyl (C=O) groups excluding carboxylic acids is 2. The molecule has 0 saturated heterocycles. The van der Waals surface area contributed by atoms with Crippen molar-refractivity contribution in [1.29, 1.82) is 0 Å². The number of halogens is 1. The summed E-state index contributed by atoms with van der Waals surface area (Å²) >= 11 is 0. The fourth-order valence-corrected chi connectivity index (χ4v) is 1.68. The predicted octanol–water partition coefficient (Wildman–Crippen LogP) is -0.0554. The molecule has 1 aromatic rings. The first-order chi connectivity index (χ1) is 8.90. The second-order valence-corrected chi connectivity index (χ2v) is 3.76. The van der Waals surface area contributed by atoms with E-state index in [2.05, 4.69) is 0 Å². The van der Waals surface area contributed by atoms with Gasteiger partial charge in [0.2, 0.25) is 11.7 Å². The number of rotatable bonds is 3. The smallest absolute Gasteiger partial charge is 0.307 e. The molecule has 1 aliphatic rings. The number of hydrogen-bond donors (Lipinski definition) is 1. The molecule has 0 aromatic heterocycles. The Morgan fingerprint density at radius 3 is 2.84 bits per heavy atom. The summed E-state index contributed by atoms with van der Waals surface area (Å²) in [5.74, 6) is -2.53. The molecule has 0 spiro atoms. The van der Waals surface area contributed by atoms with E-state index in [0.717, 1.165) is 17.0 Å². The molecule has 100 valence electrons. The summed E-state index contributed by atoms with van der Waals surface area (Å²) in [6, 6.07) is 1.64. The maximum atomic E-state index is 13.4. The summed E-state index contributed by atoms with van der Waals surface area (Å²) in [7, 11) is 0. The van der Waals surface area contributed by atoms with Crippen LogP contribution in [0, 0.1) is 15.9 Å². The normalized spacial score (nSPS) is 13.7. The molecule has 0 aliphatic carbocycles. The number of nitrogens with two attached hydrogens (primary N) is 1. The van der Waals surface area contributed by atoms with E-state index in [-0.39, 0.29) is 11.4 Å². The highest BCUT2D eigenvalue weighted by atomic mass is 19.1. The lowest BCUT2D eigenvalue weighted by Gasteiger charge is -2.28. The van der Waals surface area contributed by atoms with E-state index in [1.807, 2.05) is 0 Å². The molecule has 0 unspecified atom stereocenters. The van der Waals surface area contributed by atoms with Crippen LogP contribution >= 0.6 is 0 Å². The van der Waals surface area contributed by atoms with Gasteiger partial charge in [0.1, 0.15) is 12.3 Å². The minimum Gasteiger partial charge on any atom is -0.481 e. The monoisotopic (exact) mass is 269 g/mol. The number of nitro benzene ring substituents is 1. The fourth-order valence-electron chi connectivity index (χ4n) is 1.68. The molecule has 2 N–H and O–H groups in total. The van der Waals surface area contributed by atoms with Gasteiger partial charge in [-0.05, 0) is 0 Å². The Morgan fingerprint density at radius 1 is 1.58 bits per heavy atom. The van der Waals surface area contributed by atoms with Gasteiger partial charge in [-0.25, -0.2) is 0 Å². The Labute approximate surface area is 105 Å². The van der Waals surface area contributed by atoms with Crippen LogP contribution in [0.5, 0.6) is 5.75 Å². The van der Waals surface area contributed by atoms with Gasteiger partial charge in [-0.2, -0.15) is 4.39 Å². The molecule has 8 nitrogen and oxygen atoms in total. The van der Waals surface area contributed by atoms with Crippen molar-refractivity contribution in [3.05, 3.63) is 28.1 Å². The quantitative estimate of drug-likeness (QED) is 0.609. The number of benzene rings is 1. The number of anilines is 1. The lowest BCUT2D eigenvalue weighted by molar-refractivity contribution is -0.387. The van der Waals surface area contributed by atoms with Crippen LogP contribution in [0.15, 0.2) is 12.1 Å². The summed E-state index contributed by atoms with van der Waals surface area (Å²) in [5.41, 5.74) is 4.12. The molecule has 0 fully saturated rings. The molecule has 0 radical (unpaired) electrons. The van der Waals surface area contributed by atoms with Gasteiger partial charge in [-0.1, -0.05) is 0 Å². The zero-order valence-electron chi connectivity index (χ0n) is 9.46. The van der Waals surface area contributed by atoms with Gasteiger partial charge in [0.05, 0.1) is 10.6 Å². The van der Waals surface area contributed by atoms with Crippen LogP contribution in [-0.4, -0.2) is 29.9 Å². The number of fused-ring (bicyclic) bond motifs is 1. The molecule has 0 saturated carbocycles. The van der Waals surface area contributed by atoms with Crippen molar-refractivity contribution in [3.8, 4) is 5.75 Å². The number of hydrogen-bond acceptors (Lipinski definition) is 5. The Balaban J connectivity index is 2.53. The van der Waals surface area contributed by atoms with Crippen molar-refractivity contribution < 1.29 is 23.6 Å². The first-order valence-electron chi connectivity index (χ1n) is 5.09. The van der Waals surface area contributed by atoms with Crippen LogP contribution in [-0.2, 0) is 9.59 Å². The van der Waals surface area contributed by atoms with Crippen molar-refractivity contribution in [2.45, 2.75) is 0 Å². The third-order valence-corrected chi connectivity index (χ3v) is 2.48. The molecule has 9 heteroatoms. The SMILES string of the molecule is NC(=O)CN1C(=O)COc2cc(F)c([N+](=O)[O-])cc21. The minimum absolute atomic E-state index is 0.0519. The van der Waals surface area contributed by atoms with E-state index in [9.17, 15) is 24.1 Å². The zero-order valence-corrected chi connectivity index (χ0v) is 9.46. The third kappa shape index (κ3) is 2.30. The molecule has 2 amide bonds. The molecule has 1 heterocycles. The van der Waals surface area contributed by atoms with Crippen molar-refractivity contribution in [2.75, 3.05) is 18.1 Å². The van der Waals surface area contributed by atoms with E-state index in [4.69, 9.17) is 10.5 Å².